The van der Waals surface area contributed by atoms with Crippen LogP contribution in [0.5, 0.6) is 0 Å². The van der Waals surface area contributed by atoms with Crippen molar-refractivity contribution in [2.24, 2.45) is 0 Å². The lowest BCUT2D eigenvalue weighted by Crippen LogP contribution is -2.14. The second-order valence-electron chi connectivity index (χ2n) is 2.28. The minimum atomic E-state index is -0.783. The Balaban J connectivity index is 2.93. The van der Waals surface area contributed by atoms with Crippen LogP contribution in [-0.4, -0.2) is 11.2 Å². The van der Waals surface area contributed by atoms with Gasteiger partial charge in [0.2, 0.25) is 5.91 Å². The summed E-state index contributed by atoms with van der Waals surface area (Å²) < 4.78 is 25.8. The topological polar surface area (TPSA) is 29.1 Å². The Morgan fingerprint density at radius 3 is 2.38 bits per heavy atom. The van der Waals surface area contributed by atoms with E-state index in [1.807, 2.05) is 0 Å². The molecule has 70 valence electrons. The highest BCUT2D eigenvalue weighted by Gasteiger charge is 2.10. The predicted molar refractivity (Wildman–Crippen MR) is 48.8 cm³/mol. The second-order valence-corrected chi connectivity index (χ2v) is 2.84. The molecular weight excluding hydrogens is 244 g/mol. The zero-order chi connectivity index (χ0) is 9.84. The van der Waals surface area contributed by atoms with E-state index in [1.54, 1.807) is 0 Å². The van der Waals surface area contributed by atoms with Gasteiger partial charge in [0.05, 0.1) is 5.33 Å². The molecule has 1 aromatic carbocycles. The number of nitrogens with one attached hydrogen (secondary N) is 1. The van der Waals surface area contributed by atoms with E-state index in [9.17, 15) is 13.6 Å². The van der Waals surface area contributed by atoms with Crippen LogP contribution in [0.15, 0.2) is 18.2 Å². The normalized spacial score (nSPS) is 9.77. The molecule has 13 heavy (non-hydrogen) atoms. The number of carbonyl (C=O) groups is 1. The largest absolute Gasteiger partial charge is 0.320 e. The van der Waals surface area contributed by atoms with Crippen molar-refractivity contribution in [2.45, 2.75) is 0 Å². The smallest absolute Gasteiger partial charge is 0.235 e. The third-order valence-corrected chi connectivity index (χ3v) is 1.86. The van der Waals surface area contributed by atoms with Gasteiger partial charge in [0.15, 0.2) is 0 Å². The molecule has 0 saturated heterocycles. The van der Waals surface area contributed by atoms with Crippen LogP contribution in [0.2, 0.25) is 0 Å². The highest BCUT2D eigenvalue weighted by Crippen LogP contribution is 2.17. The van der Waals surface area contributed by atoms with E-state index in [0.29, 0.717) is 0 Å². The summed E-state index contributed by atoms with van der Waals surface area (Å²) in [7, 11) is 0. The number of hydrogen-bond acceptors (Lipinski definition) is 1. The first-order chi connectivity index (χ1) is 6.15. The maximum atomic E-state index is 12.9. The zero-order valence-electron chi connectivity index (χ0n) is 6.48. The fraction of sp³-hybridized carbons (Fsp3) is 0.125. The molecule has 1 rings (SSSR count). The van der Waals surface area contributed by atoms with E-state index in [1.165, 1.54) is 6.07 Å². The Bertz CT molecular complexity index is 310. The third kappa shape index (κ3) is 2.48. The Kier molecular flexibility index (Phi) is 3.36. The van der Waals surface area contributed by atoms with Crippen molar-refractivity contribution in [3.8, 4) is 0 Å². The minimum Gasteiger partial charge on any atom is -0.320 e. The number of halogens is 3. The SMILES string of the molecule is O=C(CBr)Nc1c(F)cccc1F. The van der Waals surface area contributed by atoms with Gasteiger partial charge in [-0.3, -0.25) is 4.79 Å². The lowest BCUT2D eigenvalue weighted by molar-refractivity contribution is -0.113. The molecule has 0 aliphatic carbocycles. The summed E-state index contributed by atoms with van der Waals surface area (Å²) in [6.45, 7) is 0. The van der Waals surface area contributed by atoms with Crippen LogP contribution in [-0.2, 0) is 4.79 Å². The van der Waals surface area contributed by atoms with Crippen molar-refractivity contribution in [3.05, 3.63) is 29.8 Å². The van der Waals surface area contributed by atoms with Gasteiger partial charge in [0, 0.05) is 0 Å². The minimum absolute atomic E-state index is 0.000768. The molecule has 0 saturated carbocycles. The molecule has 1 amide bonds. The van der Waals surface area contributed by atoms with Crippen LogP contribution in [0.4, 0.5) is 14.5 Å². The number of benzene rings is 1. The Labute approximate surface area is 82.1 Å². The Morgan fingerprint density at radius 1 is 1.38 bits per heavy atom. The maximum absolute atomic E-state index is 12.9. The van der Waals surface area contributed by atoms with Crippen LogP contribution in [0.1, 0.15) is 0 Å². The maximum Gasteiger partial charge on any atom is 0.235 e. The standard InChI is InChI=1S/C8H6BrF2NO/c9-4-7(13)12-8-5(10)2-1-3-6(8)11/h1-3H,4H2,(H,12,13). The Hall–Kier alpha value is -0.970. The molecule has 0 aliphatic heterocycles. The van der Waals surface area contributed by atoms with Gasteiger partial charge in [0.1, 0.15) is 17.3 Å². The molecule has 1 aromatic rings. The Morgan fingerprint density at radius 2 is 1.92 bits per heavy atom. The first-order valence-electron chi connectivity index (χ1n) is 3.45. The predicted octanol–water partition coefficient (Wildman–Crippen LogP) is 2.30. The van der Waals surface area contributed by atoms with E-state index >= 15 is 0 Å². The molecule has 0 spiro atoms. The van der Waals surface area contributed by atoms with Crippen molar-refractivity contribution < 1.29 is 13.6 Å². The molecule has 1 N–H and O–H groups in total. The molecule has 2 nitrogen and oxygen atoms in total. The van der Waals surface area contributed by atoms with E-state index < -0.39 is 23.2 Å². The summed E-state index contributed by atoms with van der Waals surface area (Å²) in [6.07, 6.45) is 0. The lowest BCUT2D eigenvalue weighted by Gasteiger charge is -2.04. The van der Waals surface area contributed by atoms with Gasteiger partial charge < -0.3 is 5.32 Å². The average molecular weight is 250 g/mol. The monoisotopic (exact) mass is 249 g/mol. The van der Waals surface area contributed by atoms with Gasteiger partial charge in [0.25, 0.3) is 0 Å². The van der Waals surface area contributed by atoms with Crippen LogP contribution < -0.4 is 5.32 Å². The summed E-state index contributed by atoms with van der Waals surface area (Å²) >= 11 is 2.86. The summed E-state index contributed by atoms with van der Waals surface area (Å²) in [4.78, 5) is 10.8. The zero-order valence-corrected chi connectivity index (χ0v) is 8.07. The van der Waals surface area contributed by atoms with Crippen LogP contribution in [0, 0.1) is 11.6 Å². The molecule has 0 unspecified atom stereocenters. The molecule has 5 heteroatoms. The van der Waals surface area contributed by atoms with Gasteiger partial charge in [-0.1, -0.05) is 22.0 Å². The highest BCUT2D eigenvalue weighted by atomic mass is 79.9. The number of carbonyl (C=O) groups excluding carboxylic acids is 1. The van der Waals surface area contributed by atoms with Crippen molar-refractivity contribution >= 4 is 27.5 Å². The molecule has 0 aromatic heterocycles. The van der Waals surface area contributed by atoms with E-state index in [4.69, 9.17) is 0 Å². The molecule has 0 fully saturated rings. The summed E-state index contributed by atoms with van der Waals surface area (Å²) in [5, 5.41) is 2.09. The molecular formula is C8H6BrF2NO. The number of para-hydroxylation sites is 1. The first-order valence-corrected chi connectivity index (χ1v) is 4.57. The van der Waals surface area contributed by atoms with Crippen molar-refractivity contribution in [3.63, 3.8) is 0 Å². The number of amides is 1. The summed E-state index contributed by atoms with van der Waals surface area (Å²) in [5.41, 5.74) is -0.410. The second kappa shape index (κ2) is 4.32. The van der Waals surface area contributed by atoms with Crippen molar-refractivity contribution in [2.75, 3.05) is 10.6 Å². The fourth-order valence-corrected chi connectivity index (χ4v) is 0.930. The summed E-state index contributed by atoms with van der Waals surface area (Å²) in [5.74, 6) is -2.06. The average Bonchev–Trinajstić information content (AvgIpc) is 2.11. The van der Waals surface area contributed by atoms with Crippen molar-refractivity contribution in [1.82, 2.24) is 0 Å². The fourth-order valence-electron chi connectivity index (χ4n) is 0.790. The van der Waals surface area contributed by atoms with Gasteiger partial charge in [-0.15, -0.1) is 0 Å². The molecule has 0 heterocycles. The van der Waals surface area contributed by atoms with Crippen LogP contribution in [0.3, 0.4) is 0 Å². The van der Waals surface area contributed by atoms with Gasteiger partial charge >= 0.3 is 0 Å². The van der Waals surface area contributed by atoms with Crippen LogP contribution >= 0.6 is 15.9 Å². The molecule has 0 aliphatic rings. The highest BCUT2D eigenvalue weighted by molar-refractivity contribution is 9.09. The first kappa shape index (κ1) is 10.1. The van der Waals surface area contributed by atoms with E-state index in [-0.39, 0.29) is 5.33 Å². The molecule has 0 radical (unpaired) electrons. The van der Waals surface area contributed by atoms with Gasteiger partial charge in [-0.25, -0.2) is 8.78 Å². The quantitative estimate of drug-likeness (QED) is 0.801. The van der Waals surface area contributed by atoms with Crippen molar-refractivity contribution in [1.29, 1.82) is 0 Å². The third-order valence-electron chi connectivity index (χ3n) is 1.35. The molecule has 0 bridgehead atoms. The number of anilines is 1. The van der Waals surface area contributed by atoms with Gasteiger partial charge in [-0.2, -0.15) is 0 Å². The summed E-state index contributed by atoms with van der Waals surface area (Å²) in [6, 6.07) is 3.38. The number of alkyl halides is 1. The van der Waals surface area contributed by atoms with Crippen LogP contribution in [0.25, 0.3) is 0 Å². The van der Waals surface area contributed by atoms with E-state index in [2.05, 4.69) is 21.2 Å². The lowest BCUT2D eigenvalue weighted by atomic mass is 10.3. The number of rotatable bonds is 2. The van der Waals surface area contributed by atoms with E-state index in [0.717, 1.165) is 12.1 Å². The molecule has 0 atom stereocenters. The van der Waals surface area contributed by atoms with Gasteiger partial charge in [-0.05, 0) is 12.1 Å². The number of hydrogen-bond donors (Lipinski definition) is 1.